The monoisotopic (exact) mass is 923 g/mol. The Labute approximate surface area is 394 Å². The molecule has 2 aromatic rings. The van der Waals surface area contributed by atoms with Crippen LogP contribution in [0.4, 0.5) is 10.5 Å². The van der Waals surface area contributed by atoms with Crippen molar-refractivity contribution in [3.05, 3.63) is 65.7 Å². The molecule has 66 heavy (non-hydrogen) atoms. The Bertz CT molecular complexity index is 1890. The maximum absolute atomic E-state index is 14.7. The third-order valence-corrected chi connectivity index (χ3v) is 13.3. The SMILES string of the molecule is CC[C@H](C)[C@@H]([C@@H](CC(=O)N1CCC[C@H]1[C@H](OC)[C@@H](C)C(=O)N[C@H](C)[C@@H](O)c1ccccc1)OC)N(C)C(=O)[C@@H](NC(=O)[C@H](C(C)C)N(C)Cc1cccc(N(C(=O)O)C(C)(C)C)c1)C(C)C. The number of aliphatic hydroxyl groups is 1. The molecule has 0 saturated carbocycles. The summed E-state index contributed by atoms with van der Waals surface area (Å²) in [4.78, 5) is 75.8. The summed E-state index contributed by atoms with van der Waals surface area (Å²) in [6.07, 6.45) is -1.21. The minimum atomic E-state index is -1.06. The van der Waals surface area contributed by atoms with Gasteiger partial charge in [-0.05, 0) is 88.6 Å². The number of carbonyl (C=O) groups excluding carboxylic acids is 4. The number of amides is 5. The number of carboxylic acid groups (broad SMARTS) is 1. The summed E-state index contributed by atoms with van der Waals surface area (Å²) >= 11 is 0. The molecule has 0 unspecified atom stereocenters. The smallest absolute Gasteiger partial charge is 0.412 e. The van der Waals surface area contributed by atoms with E-state index in [1.807, 2.05) is 123 Å². The molecule has 1 aliphatic heterocycles. The van der Waals surface area contributed by atoms with Crippen molar-refractivity contribution < 1.29 is 43.7 Å². The zero-order valence-electron chi connectivity index (χ0n) is 42.4. The van der Waals surface area contributed by atoms with Gasteiger partial charge in [0.2, 0.25) is 23.6 Å². The maximum Gasteiger partial charge on any atom is 0.412 e. The van der Waals surface area contributed by atoms with E-state index in [9.17, 15) is 34.2 Å². The van der Waals surface area contributed by atoms with Crippen LogP contribution >= 0.6 is 0 Å². The first-order chi connectivity index (χ1) is 30.9. The Morgan fingerprint density at radius 1 is 0.864 bits per heavy atom. The lowest BCUT2D eigenvalue weighted by Crippen LogP contribution is -2.60. The number of ether oxygens (including phenoxy) is 2. The Kier molecular flexibility index (Phi) is 21.1. The highest BCUT2D eigenvalue weighted by molar-refractivity contribution is 5.90. The number of benzene rings is 2. The summed E-state index contributed by atoms with van der Waals surface area (Å²) in [7, 11) is 6.65. The van der Waals surface area contributed by atoms with Crippen LogP contribution < -0.4 is 15.5 Å². The lowest BCUT2D eigenvalue weighted by Gasteiger charge is -2.41. The van der Waals surface area contributed by atoms with Crippen molar-refractivity contribution in [2.75, 3.05) is 39.8 Å². The normalized spacial score (nSPS) is 18.5. The number of methoxy groups -OCH3 is 2. The number of nitrogens with zero attached hydrogens (tertiary/aromatic N) is 4. The van der Waals surface area contributed by atoms with E-state index in [0.29, 0.717) is 37.2 Å². The number of rotatable bonds is 23. The lowest BCUT2D eigenvalue weighted by molar-refractivity contribution is -0.148. The Morgan fingerprint density at radius 2 is 1.50 bits per heavy atom. The third-order valence-electron chi connectivity index (χ3n) is 13.3. The highest BCUT2D eigenvalue weighted by Gasteiger charge is 2.43. The molecule has 10 atom stereocenters. The van der Waals surface area contributed by atoms with Crippen LogP contribution in [-0.4, -0.2) is 137 Å². The van der Waals surface area contributed by atoms with Crippen molar-refractivity contribution in [1.82, 2.24) is 25.3 Å². The zero-order valence-corrected chi connectivity index (χ0v) is 42.4. The van der Waals surface area contributed by atoms with E-state index in [4.69, 9.17) is 9.47 Å². The summed E-state index contributed by atoms with van der Waals surface area (Å²) in [6, 6.07) is 13.5. The van der Waals surface area contributed by atoms with E-state index in [1.54, 1.807) is 51.0 Å². The van der Waals surface area contributed by atoms with Gasteiger partial charge in [-0.1, -0.05) is 97.4 Å². The van der Waals surface area contributed by atoms with Gasteiger partial charge in [-0.25, -0.2) is 4.79 Å². The van der Waals surface area contributed by atoms with Crippen LogP contribution in [-0.2, 0) is 35.2 Å². The van der Waals surface area contributed by atoms with Crippen molar-refractivity contribution in [2.45, 2.75) is 162 Å². The highest BCUT2D eigenvalue weighted by atomic mass is 16.5. The summed E-state index contributed by atoms with van der Waals surface area (Å²) < 4.78 is 12.0. The molecular weight excluding hydrogens is 841 g/mol. The highest BCUT2D eigenvalue weighted by Crippen LogP contribution is 2.31. The van der Waals surface area contributed by atoms with E-state index < -0.39 is 60.0 Å². The molecule has 3 rings (SSSR count). The summed E-state index contributed by atoms with van der Waals surface area (Å²) in [5, 5.41) is 27.0. The first-order valence-electron chi connectivity index (χ1n) is 23.7. The number of nitrogens with one attached hydrogen (secondary N) is 2. The lowest BCUT2D eigenvalue weighted by atomic mass is 9.89. The summed E-state index contributed by atoms with van der Waals surface area (Å²) in [5.74, 6) is -2.19. The molecule has 0 bridgehead atoms. The van der Waals surface area contributed by atoms with E-state index in [0.717, 1.165) is 12.0 Å². The van der Waals surface area contributed by atoms with Crippen LogP contribution in [0.5, 0.6) is 0 Å². The third kappa shape index (κ3) is 14.2. The van der Waals surface area contributed by atoms with Gasteiger partial charge in [0, 0.05) is 45.6 Å². The molecule has 5 amide bonds. The van der Waals surface area contributed by atoms with E-state index in [2.05, 4.69) is 10.6 Å². The first kappa shape index (κ1) is 55.8. The number of hydrogen-bond acceptors (Lipinski definition) is 9. The van der Waals surface area contributed by atoms with Crippen molar-refractivity contribution in [3.8, 4) is 0 Å². The Balaban J connectivity index is 1.79. The number of likely N-dealkylation sites (tertiary alicyclic amines) is 1. The molecule has 1 aliphatic rings. The molecular formula is C51H82N6O9. The number of likely N-dealkylation sites (N-methyl/N-ethyl adjacent to an activating group) is 2. The molecule has 15 heteroatoms. The zero-order chi connectivity index (χ0) is 49.8. The van der Waals surface area contributed by atoms with Crippen LogP contribution in [0.2, 0.25) is 0 Å². The Morgan fingerprint density at radius 3 is 2.03 bits per heavy atom. The van der Waals surface area contributed by atoms with Crippen molar-refractivity contribution in [1.29, 1.82) is 0 Å². The number of anilines is 1. The van der Waals surface area contributed by atoms with Crippen LogP contribution in [0, 0.1) is 23.7 Å². The average molecular weight is 923 g/mol. The van der Waals surface area contributed by atoms with Gasteiger partial charge in [-0.15, -0.1) is 0 Å². The van der Waals surface area contributed by atoms with E-state index in [-0.39, 0.29) is 53.8 Å². The molecule has 4 N–H and O–H groups in total. The topological polar surface area (TPSA) is 181 Å². The molecule has 1 fully saturated rings. The van der Waals surface area contributed by atoms with Gasteiger partial charge >= 0.3 is 6.09 Å². The fourth-order valence-corrected chi connectivity index (χ4v) is 9.63. The predicted molar refractivity (Wildman–Crippen MR) is 259 cm³/mol. The van der Waals surface area contributed by atoms with Gasteiger partial charge < -0.3 is 40.1 Å². The number of hydrogen-bond donors (Lipinski definition) is 4. The van der Waals surface area contributed by atoms with Crippen LogP contribution in [0.3, 0.4) is 0 Å². The van der Waals surface area contributed by atoms with Crippen molar-refractivity contribution >= 4 is 35.4 Å². The average Bonchev–Trinajstić information content (AvgIpc) is 3.74. The fourth-order valence-electron chi connectivity index (χ4n) is 9.63. The van der Waals surface area contributed by atoms with Gasteiger partial charge in [0.1, 0.15) is 6.04 Å². The number of carbonyl (C=O) groups is 5. The second-order valence-corrected chi connectivity index (χ2v) is 20.0. The van der Waals surface area contributed by atoms with Crippen LogP contribution in [0.15, 0.2) is 54.6 Å². The fraction of sp³-hybridized carbons (Fsp3) is 0.667. The summed E-state index contributed by atoms with van der Waals surface area (Å²) in [6.45, 7) is 21.6. The molecule has 2 aromatic carbocycles. The van der Waals surface area contributed by atoms with Gasteiger partial charge in [0.25, 0.3) is 0 Å². The first-order valence-corrected chi connectivity index (χ1v) is 23.7. The number of aliphatic hydroxyl groups excluding tert-OH is 1. The second-order valence-electron chi connectivity index (χ2n) is 20.0. The molecule has 15 nitrogen and oxygen atoms in total. The van der Waals surface area contributed by atoms with E-state index in [1.165, 1.54) is 4.90 Å². The molecule has 1 heterocycles. The molecule has 0 radical (unpaired) electrons. The summed E-state index contributed by atoms with van der Waals surface area (Å²) in [5.41, 5.74) is 1.39. The van der Waals surface area contributed by atoms with Gasteiger partial charge in [0.05, 0.1) is 54.8 Å². The standard InChI is InChI=1S/C51H82N6O9/c1-16-33(6)44(40(65-14)29-41(58)56-27-21-26-39(56)46(66-15)34(7)47(60)52-35(8)45(59)37-23-18-17-19-24-37)55(13)49(62)42(31(2)3)53-48(61)43(32(4)5)54(12)30-36-22-20-25-38(28-36)57(50(63)64)51(9,10)11/h17-20,22-25,28,31-35,39-40,42-46,59H,16,21,26-27,29-30H2,1-15H3,(H,52,60)(H,53,61)(H,63,64)/t33-,34+,35+,39-,40+,42-,43-,44-,45+,46+/m0/s1. The van der Waals surface area contributed by atoms with Gasteiger partial charge in [0.15, 0.2) is 0 Å². The van der Waals surface area contributed by atoms with Crippen molar-refractivity contribution in [3.63, 3.8) is 0 Å². The minimum Gasteiger partial charge on any atom is -0.465 e. The molecule has 0 aliphatic carbocycles. The quantitative estimate of drug-likeness (QED) is 0.0934. The van der Waals surface area contributed by atoms with Gasteiger partial charge in [-0.2, -0.15) is 0 Å². The molecule has 370 valence electrons. The largest absolute Gasteiger partial charge is 0.465 e. The van der Waals surface area contributed by atoms with Crippen LogP contribution in [0.1, 0.15) is 119 Å². The second kappa shape index (κ2) is 25.0. The van der Waals surface area contributed by atoms with E-state index >= 15 is 0 Å². The molecule has 0 spiro atoms. The van der Waals surface area contributed by atoms with Crippen molar-refractivity contribution in [2.24, 2.45) is 23.7 Å². The Hall–Kier alpha value is -4.57. The predicted octanol–water partition coefficient (Wildman–Crippen LogP) is 6.73. The minimum absolute atomic E-state index is 0.0168. The molecule has 1 saturated heterocycles. The van der Waals surface area contributed by atoms with Crippen LogP contribution in [0.25, 0.3) is 0 Å². The molecule has 0 aromatic heterocycles. The maximum atomic E-state index is 14.7. The van der Waals surface area contributed by atoms with Gasteiger partial charge in [-0.3, -0.25) is 29.0 Å².